The number of hydrogen-bond acceptors (Lipinski definition) is 5. The third-order valence-electron chi connectivity index (χ3n) is 4.93. The summed E-state index contributed by atoms with van der Waals surface area (Å²) in [5.74, 6) is -3.96. The van der Waals surface area contributed by atoms with E-state index in [1.165, 1.54) is 6.07 Å². The number of benzene rings is 1. The third kappa shape index (κ3) is 4.28. The first-order chi connectivity index (χ1) is 13.0. The normalized spacial score (nSPS) is 22.3. The van der Waals surface area contributed by atoms with Gasteiger partial charge in [0.1, 0.15) is 0 Å². The Kier molecular flexibility index (Phi) is 5.75. The molecular formula is C19H22N2O6. The van der Waals surface area contributed by atoms with E-state index >= 15 is 0 Å². The summed E-state index contributed by atoms with van der Waals surface area (Å²) in [5.41, 5.74) is 1.01. The van der Waals surface area contributed by atoms with Gasteiger partial charge in [0.2, 0.25) is 5.91 Å². The minimum Gasteiger partial charge on any atom is -0.481 e. The molecule has 2 aliphatic rings. The largest absolute Gasteiger partial charge is 0.481 e. The molecule has 0 bridgehead atoms. The summed E-state index contributed by atoms with van der Waals surface area (Å²) in [6.07, 6.45) is 4.22. The number of ether oxygens (including phenoxy) is 1. The zero-order valence-electron chi connectivity index (χ0n) is 14.8. The van der Waals surface area contributed by atoms with Crippen LogP contribution >= 0.6 is 0 Å². The molecule has 1 fully saturated rings. The van der Waals surface area contributed by atoms with E-state index in [1.54, 1.807) is 24.3 Å². The predicted octanol–water partition coefficient (Wildman–Crippen LogP) is 1.83. The first-order valence-corrected chi connectivity index (χ1v) is 8.86. The van der Waals surface area contributed by atoms with Gasteiger partial charge < -0.3 is 25.2 Å². The van der Waals surface area contributed by atoms with Gasteiger partial charge in [0.05, 0.1) is 36.3 Å². The zero-order chi connectivity index (χ0) is 19.4. The van der Waals surface area contributed by atoms with Gasteiger partial charge in [-0.3, -0.25) is 9.59 Å². The predicted molar refractivity (Wildman–Crippen MR) is 98.1 cm³/mol. The van der Waals surface area contributed by atoms with Gasteiger partial charge in [-0.2, -0.15) is 0 Å². The summed E-state index contributed by atoms with van der Waals surface area (Å²) in [6, 6.07) is 4.73. The highest BCUT2D eigenvalue weighted by Crippen LogP contribution is 2.29. The van der Waals surface area contributed by atoms with Crippen molar-refractivity contribution in [3.63, 3.8) is 0 Å². The van der Waals surface area contributed by atoms with Crippen molar-refractivity contribution in [3.8, 4) is 0 Å². The van der Waals surface area contributed by atoms with Crippen LogP contribution in [0.4, 0.5) is 11.4 Å². The van der Waals surface area contributed by atoms with E-state index in [0.29, 0.717) is 50.5 Å². The van der Waals surface area contributed by atoms with Crippen molar-refractivity contribution >= 4 is 29.2 Å². The van der Waals surface area contributed by atoms with Gasteiger partial charge in [-0.25, -0.2) is 4.79 Å². The quantitative estimate of drug-likeness (QED) is 0.673. The molecule has 1 aromatic rings. The molecule has 0 unspecified atom stereocenters. The van der Waals surface area contributed by atoms with E-state index in [9.17, 15) is 24.6 Å². The number of morpholine rings is 1. The number of carbonyl (C=O) groups excluding carboxylic acids is 1. The number of rotatable bonds is 5. The molecule has 1 aliphatic carbocycles. The molecule has 27 heavy (non-hydrogen) atoms. The van der Waals surface area contributed by atoms with Crippen LogP contribution in [-0.4, -0.2) is 54.4 Å². The molecule has 0 spiro atoms. The molecule has 0 saturated carbocycles. The number of hydrogen-bond donors (Lipinski definition) is 3. The van der Waals surface area contributed by atoms with Crippen molar-refractivity contribution in [2.75, 3.05) is 36.5 Å². The van der Waals surface area contributed by atoms with Gasteiger partial charge >= 0.3 is 11.9 Å². The second kappa shape index (κ2) is 8.22. The van der Waals surface area contributed by atoms with Crippen LogP contribution in [0.3, 0.4) is 0 Å². The van der Waals surface area contributed by atoms with Crippen LogP contribution < -0.4 is 10.2 Å². The number of carbonyl (C=O) groups is 3. The molecule has 8 nitrogen and oxygen atoms in total. The second-order valence-electron chi connectivity index (χ2n) is 6.62. The molecule has 0 aromatic heterocycles. The Labute approximate surface area is 156 Å². The maximum absolute atomic E-state index is 12.6. The van der Waals surface area contributed by atoms with E-state index < -0.39 is 29.7 Å². The van der Waals surface area contributed by atoms with E-state index in [0.717, 1.165) is 0 Å². The Morgan fingerprint density at radius 2 is 1.70 bits per heavy atom. The smallest absolute Gasteiger partial charge is 0.337 e. The van der Waals surface area contributed by atoms with Crippen LogP contribution in [0.1, 0.15) is 23.2 Å². The molecular weight excluding hydrogens is 352 g/mol. The average molecular weight is 374 g/mol. The summed E-state index contributed by atoms with van der Waals surface area (Å²) in [5, 5.41) is 21.6. The van der Waals surface area contributed by atoms with Crippen LogP contribution in [0.15, 0.2) is 30.4 Å². The van der Waals surface area contributed by atoms with E-state index in [-0.39, 0.29) is 5.56 Å². The maximum Gasteiger partial charge on any atom is 0.337 e. The van der Waals surface area contributed by atoms with Crippen molar-refractivity contribution in [2.24, 2.45) is 11.8 Å². The molecule has 3 N–H and O–H groups in total. The Morgan fingerprint density at radius 3 is 2.33 bits per heavy atom. The lowest BCUT2D eigenvalue weighted by molar-refractivity contribution is -0.146. The third-order valence-corrected chi connectivity index (χ3v) is 4.93. The lowest BCUT2D eigenvalue weighted by Crippen LogP contribution is -2.37. The first kappa shape index (κ1) is 18.9. The molecule has 0 radical (unpaired) electrons. The standard InChI is InChI=1S/C19H22N2O6/c22-17(13-3-1-2-4-14(13)18(23)24)20-12-5-6-16(15(11-12)19(25)26)21-7-9-27-10-8-21/h1-2,5-6,11,13-14H,3-4,7-10H2,(H,20,22)(H,23,24)(H,25,26)/t13-,14+/m1/s1. The van der Waals surface area contributed by atoms with Gasteiger partial charge in [-0.1, -0.05) is 12.2 Å². The van der Waals surface area contributed by atoms with Gasteiger partial charge in [-0.05, 0) is 31.0 Å². The van der Waals surface area contributed by atoms with E-state index in [2.05, 4.69) is 5.32 Å². The molecule has 1 amide bonds. The lowest BCUT2D eigenvalue weighted by Gasteiger charge is -2.30. The lowest BCUT2D eigenvalue weighted by atomic mass is 9.82. The number of nitrogens with one attached hydrogen (secondary N) is 1. The van der Waals surface area contributed by atoms with Crippen LogP contribution in [0.5, 0.6) is 0 Å². The van der Waals surface area contributed by atoms with Crippen molar-refractivity contribution in [1.29, 1.82) is 0 Å². The maximum atomic E-state index is 12.6. The fraction of sp³-hybridized carbons (Fsp3) is 0.421. The highest BCUT2D eigenvalue weighted by atomic mass is 16.5. The number of aliphatic carboxylic acids is 1. The number of allylic oxidation sites excluding steroid dienone is 2. The average Bonchev–Trinajstić information content (AvgIpc) is 2.68. The van der Waals surface area contributed by atoms with Crippen molar-refractivity contribution in [3.05, 3.63) is 35.9 Å². The van der Waals surface area contributed by atoms with Crippen LogP contribution in [0, 0.1) is 11.8 Å². The monoisotopic (exact) mass is 374 g/mol. The number of aromatic carboxylic acids is 1. The van der Waals surface area contributed by atoms with Gasteiger partial charge in [0.25, 0.3) is 0 Å². The van der Waals surface area contributed by atoms with Crippen LogP contribution in [-0.2, 0) is 14.3 Å². The van der Waals surface area contributed by atoms with Crippen molar-refractivity contribution < 1.29 is 29.3 Å². The summed E-state index contributed by atoms with van der Waals surface area (Å²) in [7, 11) is 0. The van der Waals surface area contributed by atoms with Crippen molar-refractivity contribution in [1.82, 2.24) is 0 Å². The van der Waals surface area contributed by atoms with Gasteiger partial charge in [-0.15, -0.1) is 0 Å². The number of carboxylic acid groups (broad SMARTS) is 2. The first-order valence-electron chi connectivity index (χ1n) is 8.86. The molecule has 2 atom stereocenters. The SMILES string of the molecule is O=C(O)c1cc(NC(=O)[C@@H]2CC=CC[C@@H]2C(=O)O)ccc1N1CCOCC1. The number of nitrogens with zero attached hydrogens (tertiary/aromatic N) is 1. The Balaban J connectivity index is 1.79. The fourth-order valence-corrected chi connectivity index (χ4v) is 3.48. The van der Waals surface area contributed by atoms with Gasteiger partial charge in [0.15, 0.2) is 0 Å². The topological polar surface area (TPSA) is 116 Å². The molecule has 1 aliphatic heterocycles. The Hall–Kier alpha value is -2.87. The van der Waals surface area contributed by atoms with Gasteiger partial charge in [0, 0.05) is 18.8 Å². The fourth-order valence-electron chi connectivity index (χ4n) is 3.48. The zero-order valence-corrected chi connectivity index (χ0v) is 14.8. The number of amides is 1. The Morgan fingerprint density at radius 1 is 1.04 bits per heavy atom. The number of carboxylic acids is 2. The number of anilines is 2. The second-order valence-corrected chi connectivity index (χ2v) is 6.62. The highest BCUT2D eigenvalue weighted by Gasteiger charge is 2.34. The summed E-state index contributed by atoms with van der Waals surface area (Å²) in [6.45, 7) is 2.26. The Bertz CT molecular complexity index is 769. The summed E-state index contributed by atoms with van der Waals surface area (Å²) >= 11 is 0. The molecule has 1 aromatic carbocycles. The summed E-state index contributed by atoms with van der Waals surface area (Å²) in [4.78, 5) is 37.6. The highest BCUT2D eigenvalue weighted by molar-refractivity contribution is 5.99. The van der Waals surface area contributed by atoms with Crippen molar-refractivity contribution in [2.45, 2.75) is 12.8 Å². The molecule has 1 saturated heterocycles. The minimum atomic E-state index is -1.09. The molecule has 8 heteroatoms. The van der Waals surface area contributed by atoms with Crippen LogP contribution in [0.25, 0.3) is 0 Å². The summed E-state index contributed by atoms with van der Waals surface area (Å²) < 4.78 is 5.29. The minimum absolute atomic E-state index is 0.0908. The van der Waals surface area contributed by atoms with E-state index in [1.807, 2.05) is 4.90 Å². The molecule has 1 heterocycles. The van der Waals surface area contributed by atoms with E-state index in [4.69, 9.17) is 4.74 Å². The van der Waals surface area contributed by atoms with Crippen LogP contribution in [0.2, 0.25) is 0 Å². The molecule has 3 rings (SSSR count). The molecule has 144 valence electrons.